The fourth-order valence-corrected chi connectivity index (χ4v) is 5.23. The van der Waals surface area contributed by atoms with E-state index in [1.54, 1.807) is 28.3 Å². The Hall–Kier alpha value is -3.26. The van der Waals surface area contributed by atoms with Gasteiger partial charge >= 0.3 is 0 Å². The Kier molecular flexibility index (Phi) is 7.80. The van der Waals surface area contributed by atoms with Gasteiger partial charge in [-0.2, -0.15) is 0 Å². The number of hydrogen-bond acceptors (Lipinski definition) is 6. The van der Waals surface area contributed by atoms with E-state index in [0.29, 0.717) is 49.8 Å². The molecule has 1 saturated heterocycles. The lowest BCUT2D eigenvalue weighted by atomic mass is 9.90. The van der Waals surface area contributed by atoms with Gasteiger partial charge in [0.15, 0.2) is 11.5 Å². The first-order valence-electron chi connectivity index (χ1n) is 12.1. The number of nitrogens with zero attached hydrogens (tertiary/aromatic N) is 3. The number of fused-ring (bicyclic) bond motifs is 1. The molecular weight excluding hydrogens is 446 g/mol. The highest BCUT2D eigenvalue weighted by molar-refractivity contribution is 5.80. The molecule has 8 nitrogen and oxygen atoms in total. The maximum Gasteiger partial charge on any atom is 0.225 e. The van der Waals surface area contributed by atoms with Crippen LogP contribution in [-0.4, -0.2) is 80.6 Å². The van der Waals surface area contributed by atoms with Crippen molar-refractivity contribution in [1.82, 2.24) is 14.7 Å². The van der Waals surface area contributed by atoms with Gasteiger partial charge in [0.1, 0.15) is 0 Å². The monoisotopic (exact) mass is 481 g/mol. The minimum atomic E-state index is -0.195. The number of benzene rings is 2. The zero-order chi connectivity index (χ0) is 24.9. The molecule has 0 spiro atoms. The van der Waals surface area contributed by atoms with Crippen molar-refractivity contribution >= 4 is 11.8 Å². The van der Waals surface area contributed by atoms with Gasteiger partial charge in [0, 0.05) is 51.8 Å². The van der Waals surface area contributed by atoms with Crippen molar-refractivity contribution in [3.63, 3.8) is 0 Å². The number of amides is 2. The maximum absolute atomic E-state index is 13.3. The summed E-state index contributed by atoms with van der Waals surface area (Å²) in [7, 11) is 4.84. The Bertz CT molecular complexity index is 1060. The first kappa shape index (κ1) is 24.9. The quantitative estimate of drug-likeness (QED) is 0.606. The third-order valence-electron chi connectivity index (χ3n) is 7.09. The van der Waals surface area contributed by atoms with Gasteiger partial charge in [-0.1, -0.05) is 30.3 Å². The number of methoxy groups -OCH3 is 3. The van der Waals surface area contributed by atoms with E-state index in [1.165, 1.54) is 5.56 Å². The molecule has 1 unspecified atom stereocenters. The Balaban J connectivity index is 1.40. The topological polar surface area (TPSA) is 71.6 Å². The minimum Gasteiger partial charge on any atom is -0.493 e. The van der Waals surface area contributed by atoms with Crippen molar-refractivity contribution < 1.29 is 23.8 Å². The van der Waals surface area contributed by atoms with Crippen LogP contribution >= 0.6 is 0 Å². The zero-order valence-electron chi connectivity index (χ0n) is 21.1. The molecule has 2 aliphatic rings. The van der Waals surface area contributed by atoms with Crippen LogP contribution in [0.15, 0.2) is 36.4 Å². The lowest BCUT2D eigenvalue weighted by molar-refractivity contribution is -0.137. The van der Waals surface area contributed by atoms with Crippen LogP contribution in [0.4, 0.5) is 0 Å². The van der Waals surface area contributed by atoms with Gasteiger partial charge in [0.05, 0.1) is 33.8 Å². The lowest BCUT2D eigenvalue weighted by Gasteiger charge is -2.39. The molecule has 0 bridgehead atoms. The second kappa shape index (κ2) is 11.0. The number of ether oxygens (including phenoxy) is 3. The van der Waals surface area contributed by atoms with E-state index >= 15 is 0 Å². The van der Waals surface area contributed by atoms with Crippen LogP contribution in [0.2, 0.25) is 0 Å². The summed E-state index contributed by atoms with van der Waals surface area (Å²) in [6, 6.07) is 11.9. The maximum atomic E-state index is 13.3. The molecule has 2 heterocycles. The number of piperazine rings is 1. The molecule has 1 fully saturated rings. The van der Waals surface area contributed by atoms with Crippen molar-refractivity contribution in [2.24, 2.45) is 0 Å². The van der Waals surface area contributed by atoms with E-state index in [9.17, 15) is 9.59 Å². The zero-order valence-corrected chi connectivity index (χ0v) is 21.1. The fraction of sp³-hybridized carbons (Fsp3) is 0.481. The summed E-state index contributed by atoms with van der Waals surface area (Å²) < 4.78 is 16.5. The summed E-state index contributed by atoms with van der Waals surface area (Å²) in [6.45, 7) is 5.78. The molecule has 2 aromatic carbocycles. The summed E-state index contributed by atoms with van der Waals surface area (Å²) in [5.41, 5.74) is 3.35. The second-order valence-corrected chi connectivity index (χ2v) is 9.03. The molecular formula is C27H35N3O5. The number of hydrogen-bond donors (Lipinski definition) is 0. The normalized spacial score (nSPS) is 18.1. The standard InChI is InChI=1S/C27H35N3O5/c1-19(31)30-12-11-20-7-5-6-8-22(20)23(30)17-25(32)29-15-13-28(14-16-29)18-21-9-10-24(33-2)27(35-4)26(21)34-3/h5-10,23H,11-18H2,1-4H3. The molecule has 4 rings (SSSR count). The van der Waals surface area contributed by atoms with Crippen LogP contribution in [0.1, 0.15) is 36.1 Å². The summed E-state index contributed by atoms with van der Waals surface area (Å²) in [5, 5.41) is 0. The molecule has 1 atom stereocenters. The van der Waals surface area contributed by atoms with E-state index in [2.05, 4.69) is 17.0 Å². The first-order chi connectivity index (χ1) is 17.0. The van der Waals surface area contributed by atoms with Gasteiger partial charge in [-0.25, -0.2) is 0 Å². The van der Waals surface area contributed by atoms with E-state index < -0.39 is 0 Å². The molecule has 2 amide bonds. The van der Waals surface area contributed by atoms with Crippen molar-refractivity contribution in [3.8, 4) is 17.2 Å². The highest BCUT2D eigenvalue weighted by Gasteiger charge is 2.33. The fourth-order valence-electron chi connectivity index (χ4n) is 5.23. The summed E-state index contributed by atoms with van der Waals surface area (Å²) in [5.74, 6) is 2.01. The third-order valence-corrected chi connectivity index (χ3v) is 7.09. The van der Waals surface area contributed by atoms with Gasteiger partial charge < -0.3 is 24.0 Å². The number of rotatable bonds is 7. The molecule has 2 aliphatic heterocycles. The van der Waals surface area contributed by atoms with Gasteiger partial charge in [-0.05, 0) is 23.6 Å². The van der Waals surface area contributed by atoms with Gasteiger partial charge in [-0.15, -0.1) is 0 Å². The highest BCUT2D eigenvalue weighted by atomic mass is 16.5. The number of carbonyl (C=O) groups is 2. The van der Waals surface area contributed by atoms with Crippen LogP contribution in [0.25, 0.3) is 0 Å². The Morgan fingerprint density at radius 2 is 1.60 bits per heavy atom. The molecule has 0 aliphatic carbocycles. The molecule has 188 valence electrons. The molecule has 0 saturated carbocycles. The van der Waals surface area contributed by atoms with E-state index in [4.69, 9.17) is 14.2 Å². The van der Waals surface area contributed by atoms with E-state index in [-0.39, 0.29) is 17.9 Å². The molecule has 2 aromatic rings. The van der Waals surface area contributed by atoms with Gasteiger partial charge in [0.2, 0.25) is 17.6 Å². The van der Waals surface area contributed by atoms with Crippen LogP contribution in [0, 0.1) is 0 Å². The van der Waals surface area contributed by atoms with Crippen LogP contribution in [-0.2, 0) is 22.6 Å². The van der Waals surface area contributed by atoms with Crippen molar-refractivity contribution in [2.45, 2.75) is 32.4 Å². The third kappa shape index (κ3) is 5.22. The molecule has 0 aromatic heterocycles. The number of carbonyl (C=O) groups excluding carboxylic acids is 2. The van der Waals surface area contributed by atoms with Crippen molar-refractivity contribution in [3.05, 3.63) is 53.1 Å². The Morgan fingerprint density at radius 3 is 2.26 bits per heavy atom. The Labute approximate surface area is 207 Å². The molecule has 0 radical (unpaired) electrons. The van der Waals surface area contributed by atoms with Crippen LogP contribution in [0.3, 0.4) is 0 Å². The Morgan fingerprint density at radius 1 is 0.886 bits per heavy atom. The SMILES string of the molecule is COc1ccc(CN2CCN(C(=O)CC3c4ccccc4CCN3C(C)=O)CC2)c(OC)c1OC. The summed E-state index contributed by atoms with van der Waals surface area (Å²) >= 11 is 0. The average molecular weight is 482 g/mol. The molecule has 0 N–H and O–H groups in total. The largest absolute Gasteiger partial charge is 0.493 e. The van der Waals surface area contributed by atoms with Gasteiger partial charge in [0.25, 0.3) is 0 Å². The lowest BCUT2D eigenvalue weighted by Crippen LogP contribution is -2.49. The van der Waals surface area contributed by atoms with Gasteiger partial charge in [-0.3, -0.25) is 14.5 Å². The first-order valence-corrected chi connectivity index (χ1v) is 12.1. The molecule has 35 heavy (non-hydrogen) atoms. The van der Waals surface area contributed by atoms with E-state index in [1.807, 2.05) is 34.1 Å². The van der Waals surface area contributed by atoms with Crippen LogP contribution < -0.4 is 14.2 Å². The summed E-state index contributed by atoms with van der Waals surface area (Å²) in [6.07, 6.45) is 1.15. The predicted molar refractivity (Wildman–Crippen MR) is 133 cm³/mol. The van der Waals surface area contributed by atoms with Crippen molar-refractivity contribution in [1.29, 1.82) is 0 Å². The minimum absolute atomic E-state index is 0.0194. The summed E-state index contributed by atoms with van der Waals surface area (Å²) in [4.78, 5) is 31.7. The molecule has 8 heteroatoms. The van der Waals surface area contributed by atoms with Crippen molar-refractivity contribution in [2.75, 3.05) is 54.1 Å². The average Bonchev–Trinajstić information content (AvgIpc) is 2.88. The highest BCUT2D eigenvalue weighted by Crippen LogP contribution is 2.40. The van der Waals surface area contributed by atoms with E-state index in [0.717, 1.165) is 30.6 Å². The predicted octanol–water partition coefficient (Wildman–Crippen LogP) is 2.89. The van der Waals surface area contributed by atoms with Crippen LogP contribution in [0.5, 0.6) is 17.2 Å². The smallest absolute Gasteiger partial charge is 0.225 e. The second-order valence-electron chi connectivity index (χ2n) is 9.03.